The van der Waals surface area contributed by atoms with Crippen LogP contribution in [0.4, 0.5) is 0 Å². The number of likely N-dealkylation sites (tertiary alicyclic amines) is 1. The van der Waals surface area contributed by atoms with Gasteiger partial charge in [0.05, 0.1) is 26.7 Å². The lowest BCUT2D eigenvalue weighted by atomic mass is 9.86. The van der Waals surface area contributed by atoms with Crippen LogP contribution in [0, 0.1) is 6.92 Å². The van der Waals surface area contributed by atoms with Gasteiger partial charge in [0, 0.05) is 17.9 Å². The average molecular weight is 465 g/mol. The molecule has 26 heavy (non-hydrogen) atoms. The topological polar surface area (TPSA) is 20.2 Å². The van der Waals surface area contributed by atoms with E-state index < -0.39 is 0 Å². The number of halogens is 1. The lowest BCUT2D eigenvalue weighted by molar-refractivity contribution is -0.909. The molecule has 0 bridgehead atoms. The highest BCUT2D eigenvalue weighted by molar-refractivity contribution is 5.43. The lowest BCUT2D eigenvalue weighted by Crippen LogP contribution is -3.00. The van der Waals surface area contributed by atoms with Crippen LogP contribution in [0.2, 0.25) is 0 Å². The maximum absolute atomic E-state index is 10.5. The number of rotatable bonds is 5. The maximum Gasteiger partial charge on any atom is 0.119 e. The number of benzene rings is 2. The van der Waals surface area contributed by atoms with E-state index in [1.54, 1.807) is 0 Å². The minimum Gasteiger partial charge on any atom is -1.00 e. The minimum absolute atomic E-state index is 0. The molecule has 1 fully saturated rings. The third-order valence-electron chi connectivity index (χ3n) is 5.86. The van der Waals surface area contributed by atoms with Gasteiger partial charge < -0.3 is 33.6 Å². The normalized spacial score (nSPS) is 17.8. The van der Waals surface area contributed by atoms with E-state index in [2.05, 4.69) is 50.4 Å². The number of hydrogen-bond acceptors (Lipinski definition) is 1. The van der Waals surface area contributed by atoms with Crippen LogP contribution < -0.4 is 24.0 Å². The van der Waals surface area contributed by atoms with Crippen molar-refractivity contribution in [3.8, 4) is 5.75 Å². The molecule has 2 nitrogen and oxygen atoms in total. The Bertz CT molecular complexity index is 678. The number of phenolic OH excluding ortho intramolecular Hbond substituents is 1. The van der Waals surface area contributed by atoms with Crippen LogP contribution >= 0.6 is 0 Å². The monoisotopic (exact) mass is 465 g/mol. The molecule has 0 radical (unpaired) electrons. The lowest BCUT2D eigenvalue weighted by Gasteiger charge is -2.35. The Hall–Kier alpha value is -1.07. The number of hydrogen-bond donors (Lipinski definition) is 1. The molecule has 2 aromatic rings. The van der Waals surface area contributed by atoms with Gasteiger partial charge in [-0.1, -0.05) is 48.0 Å². The Morgan fingerprint density at radius 2 is 1.62 bits per heavy atom. The van der Waals surface area contributed by atoms with Crippen LogP contribution in [-0.2, 0) is 0 Å². The third-order valence-corrected chi connectivity index (χ3v) is 5.86. The van der Waals surface area contributed by atoms with E-state index in [4.69, 9.17) is 0 Å². The van der Waals surface area contributed by atoms with Gasteiger partial charge in [-0.2, -0.15) is 0 Å². The summed E-state index contributed by atoms with van der Waals surface area (Å²) in [5.74, 6) is 0.692. The van der Waals surface area contributed by atoms with Crippen molar-refractivity contribution < 1.29 is 33.6 Å². The van der Waals surface area contributed by atoms with E-state index in [0.717, 1.165) is 12.0 Å². The van der Waals surface area contributed by atoms with Crippen molar-refractivity contribution in [1.29, 1.82) is 0 Å². The van der Waals surface area contributed by atoms with Crippen molar-refractivity contribution in [1.82, 2.24) is 0 Å². The molecule has 1 saturated heterocycles. The van der Waals surface area contributed by atoms with Crippen LogP contribution in [-0.4, -0.2) is 36.3 Å². The van der Waals surface area contributed by atoms with E-state index >= 15 is 0 Å². The largest absolute Gasteiger partial charge is 1.00 e. The standard InChI is InChI=1S/C23H31NO.HI/c1-19-12-13-23(25)22(18-19)21(20-10-6-5-7-11-20)14-17-24(2)15-8-3-4-9-16-24;/h5-7,10-13,18,21H,3-4,8-9,14-17H2,1-2H3;1H. The van der Waals surface area contributed by atoms with Crippen LogP contribution in [0.1, 0.15) is 54.7 Å². The van der Waals surface area contributed by atoms with Gasteiger partial charge in [-0.15, -0.1) is 0 Å². The number of nitrogens with zero attached hydrogens (tertiary/aromatic N) is 1. The molecule has 0 spiro atoms. The molecule has 2 aromatic carbocycles. The van der Waals surface area contributed by atoms with Crippen LogP contribution in [0.15, 0.2) is 48.5 Å². The van der Waals surface area contributed by atoms with E-state index in [1.165, 1.54) is 60.9 Å². The van der Waals surface area contributed by atoms with Gasteiger partial charge in [0.15, 0.2) is 0 Å². The molecule has 142 valence electrons. The SMILES string of the molecule is Cc1ccc(O)c(C(CC[N+]2(C)CCCCCC2)c2ccccc2)c1.[I-]. The highest BCUT2D eigenvalue weighted by Gasteiger charge is 2.26. The van der Waals surface area contributed by atoms with Gasteiger partial charge in [-0.25, -0.2) is 0 Å². The van der Waals surface area contributed by atoms with E-state index in [9.17, 15) is 5.11 Å². The first-order chi connectivity index (χ1) is 12.1. The van der Waals surface area contributed by atoms with Crippen LogP contribution in [0.3, 0.4) is 0 Å². The Morgan fingerprint density at radius 3 is 2.27 bits per heavy atom. The van der Waals surface area contributed by atoms with Gasteiger partial charge >= 0.3 is 0 Å². The quantitative estimate of drug-likeness (QED) is 0.531. The molecule has 0 saturated carbocycles. The second-order valence-corrected chi connectivity index (χ2v) is 8.02. The summed E-state index contributed by atoms with van der Waals surface area (Å²) < 4.78 is 1.18. The summed E-state index contributed by atoms with van der Waals surface area (Å²) in [4.78, 5) is 0. The number of aryl methyl sites for hydroxylation is 1. The first-order valence-corrected chi connectivity index (χ1v) is 9.75. The Morgan fingerprint density at radius 1 is 0.962 bits per heavy atom. The van der Waals surface area contributed by atoms with Crippen LogP contribution in [0.25, 0.3) is 0 Å². The zero-order chi connectivity index (χ0) is 17.7. The van der Waals surface area contributed by atoms with Gasteiger partial charge in [0.2, 0.25) is 0 Å². The molecule has 3 heteroatoms. The molecule has 1 unspecified atom stereocenters. The van der Waals surface area contributed by atoms with Crippen molar-refractivity contribution >= 4 is 0 Å². The first kappa shape index (κ1) is 21.2. The van der Waals surface area contributed by atoms with Crippen molar-refractivity contribution in [2.75, 3.05) is 26.7 Å². The predicted molar refractivity (Wildman–Crippen MR) is 105 cm³/mol. The average Bonchev–Trinajstić information content (AvgIpc) is 2.84. The number of aromatic hydroxyl groups is 1. The highest BCUT2D eigenvalue weighted by atomic mass is 127. The van der Waals surface area contributed by atoms with E-state index in [1.807, 2.05) is 12.1 Å². The smallest absolute Gasteiger partial charge is 0.119 e. The molecular weight excluding hydrogens is 433 g/mol. The fourth-order valence-corrected chi connectivity index (χ4v) is 4.26. The summed E-state index contributed by atoms with van der Waals surface area (Å²) >= 11 is 0. The van der Waals surface area contributed by atoms with Crippen molar-refractivity contribution in [3.63, 3.8) is 0 Å². The molecule has 1 aliphatic rings. The zero-order valence-electron chi connectivity index (χ0n) is 16.1. The summed E-state index contributed by atoms with van der Waals surface area (Å²) in [5.41, 5.74) is 3.60. The second kappa shape index (κ2) is 9.75. The molecular formula is C23H32INO. The number of phenols is 1. The Balaban J connectivity index is 0.00000243. The summed E-state index contributed by atoms with van der Waals surface area (Å²) in [6.45, 7) is 5.86. The maximum atomic E-state index is 10.5. The molecule has 3 rings (SSSR count). The van der Waals surface area contributed by atoms with Crippen molar-refractivity contribution in [2.45, 2.75) is 44.9 Å². The van der Waals surface area contributed by atoms with E-state index in [0.29, 0.717) is 5.75 Å². The minimum atomic E-state index is 0. The molecule has 0 amide bonds. The third kappa shape index (κ3) is 5.46. The predicted octanol–water partition coefficient (Wildman–Crippen LogP) is 2.25. The van der Waals surface area contributed by atoms with Gasteiger partial charge in [-0.05, 0) is 44.2 Å². The van der Waals surface area contributed by atoms with Crippen molar-refractivity contribution in [2.24, 2.45) is 0 Å². The molecule has 1 atom stereocenters. The number of quaternary nitrogens is 1. The van der Waals surface area contributed by atoms with E-state index in [-0.39, 0.29) is 29.9 Å². The van der Waals surface area contributed by atoms with Crippen LogP contribution in [0.5, 0.6) is 5.75 Å². The fourth-order valence-electron chi connectivity index (χ4n) is 4.26. The molecule has 1 heterocycles. The second-order valence-electron chi connectivity index (χ2n) is 8.02. The van der Waals surface area contributed by atoms with Crippen molar-refractivity contribution in [3.05, 3.63) is 65.2 Å². The fraction of sp³-hybridized carbons (Fsp3) is 0.478. The summed E-state index contributed by atoms with van der Waals surface area (Å²) in [6, 6.07) is 16.7. The summed E-state index contributed by atoms with van der Waals surface area (Å²) in [6.07, 6.45) is 6.55. The molecule has 0 aromatic heterocycles. The Kier molecular flexibility index (Phi) is 7.96. The zero-order valence-corrected chi connectivity index (χ0v) is 18.3. The Labute approximate surface area is 175 Å². The highest BCUT2D eigenvalue weighted by Crippen LogP contribution is 2.35. The first-order valence-electron chi connectivity index (χ1n) is 9.75. The van der Waals surface area contributed by atoms with Gasteiger partial charge in [0.25, 0.3) is 0 Å². The summed E-state index contributed by atoms with van der Waals surface area (Å²) in [5, 5.41) is 10.5. The molecule has 1 aliphatic heterocycles. The molecule has 1 N–H and O–H groups in total. The van der Waals surface area contributed by atoms with Gasteiger partial charge in [-0.3, -0.25) is 0 Å². The van der Waals surface area contributed by atoms with Gasteiger partial charge in [0.1, 0.15) is 5.75 Å². The molecule has 0 aliphatic carbocycles. The summed E-state index contributed by atoms with van der Waals surface area (Å²) in [7, 11) is 2.42.